The topological polar surface area (TPSA) is 35.5 Å². The molecule has 3 nitrogen and oxygen atoms in total. The standard InChI is InChI=1S/C10H18O3/c1-8(2)9(11)4-5-10(3)12-6-7-13-10/h8H,4-7H2,1-3H3. The van der Waals surface area contributed by atoms with Crippen LogP contribution in [0.3, 0.4) is 0 Å². The van der Waals surface area contributed by atoms with Gasteiger partial charge < -0.3 is 9.47 Å². The van der Waals surface area contributed by atoms with Crippen LogP contribution in [0.1, 0.15) is 33.6 Å². The molecule has 13 heavy (non-hydrogen) atoms. The lowest BCUT2D eigenvalue weighted by Gasteiger charge is -2.21. The summed E-state index contributed by atoms with van der Waals surface area (Å²) in [6.45, 7) is 7.02. The third-order valence-electron chi connectivity index (χ3n) is 2.37. The Hall–Kier alpha value is -0.410. The fourth-order valence-electron chi connectivity index (χ4n) is 1.34. The Kier molecular flexibility index (Phi) is 3.45. The molecule has 1 saturated heterocycles. The third kappa shape index (κ3) is 3.08. The first-order chi connectivity index (χ1) is 6.03. The predicted molar refractivity (Wildman–Crippen MR) is 49.4 cm³/mol. The molecule has 0 unspecified atom stereocenters. The van der Waals surface area contributed by atoms with E-state index in [1.165, 1.54) is 0 Å². The van der Waals surface area contributed by atoms with Crippen LogP contribution >= 0.6 is 0 Å². The van der Waals surface area contributed by atoms with Gasteiger partial charge in [0, 0.05) is 18.8 Å². The molecule has 0 amide bonds. The molecule has 0 spiro atoms. The molecule has 0 aromatic rings. The Morgan fingerprint density at radius 2 is 1.92 bits per heavy atom. The van der Waals surface area contributed by atoms with E-state index in [1.807, 2.05) is 20.8 Å². The largest absolute Gasteiger partial charge is 0.348 e. The van der Waals surface area contributed by atoms with Gasteiger partial charge >= 0.3 is 0 Å². The molecule has 1 fully saturated rings. The number of carbonyl (C=O) groups excluding carboxylic acids is 1. The van der Waals surface area contributed by atoms with E-state index >= 15 is 0 Å². The van der Waals surface area contributed by atoms with E-state index in [2.05, 4.69) is 0 Å². The predicted octanol–water partition coefficient (Wildman–Crippen LogP) is 1.75. The summed E-state index contributed by atoms with van der Waals surface area (Å²) in [7, 11) is 0. The molecule has 0 aromatic heterocycles. The number of ether oxygens (including phenoxy) is 2. The van der Waals surface area contributed by atoms with Gasteiger partial charge in [-0.15, -0.1) is 0 Å². The fraction of sp³-hybridized carbons (Fsp3) is 0.900. The Labute approximate surface area is 79.4 Å². The van der Waals surface area contributed by atoms with Crippen molar-refractivity contribution in [3.8, 4) is 0 Å². The second-order valence-corrected chi connectivity index (χ2v) is 3.95. The third-order valence-corrected chi connectivity index (χ3v) is 2.37. The van der Waals surface area contributed by atoms with Crippen LogP contribution in [0.2, 0.25) is 0 Å². The maximum atomic E-state index is 11.3. The summed E-state index contributed by atoms with van der Waals surface area (Å²) in [5.74, 6) is -0.116. The highest BCUT2D eigenvalue weighted by atomic mass is 16.7. The number of rotatable bonds is 4. The van der Waals surface area contributed by atoms with Gasteiger partial charge in [0.25, 0.3) is 0 Å². The lowest BCUT2D eigenvalue weighted by molar-refractivity contribution is -0.152. The summed E-state index contributed by atoms with van der Waals surface area (Å²) in [5, 5.41) is 0. The fourth-order valence-corrected chi connectivity index (χ4v) is 1.34. The molecule has 0 radical (unpaired) electrons. The highest BCUT2D eigenvalue weighted by Crippen LogP contribution is 2.24. The Morgan fingerprint density at radius 1 is 1.38 bits per heavy atom. The summed E-state index contributed by atoms with van der Waals surface area (Å²) in [4.78, 5) is 11.3. The number of hydrogen-bond donors (Lipinski definition) is 0. The van der Waals surface area contributed by atoms with E-state index < -0.39 is 5.79 Å². The van der Waals surface area contributed by atoms with Crippen LogP contribution in [0.5, 0.6) is 0 Å². The molecule has 0 aromatic carbocycles. The summed E-state index contributed by atoms with van der Waals surface area (Å²) in [5.41, 5.74) is 0. The molecule has 0 saturated carbocycles. The molecule has 3 heteroatoms. The van der Waals surface area contributed by atoms with E-state index in [-0.39, 0.29) is 11.7 Å². The van der Waals surface area contributed by atoms with Gasteiger partial charge in [-0.2, -0.15) is 0 Å². The summed E-state index contributed by atoms with van der Waals surface area (Å²) >= 11 is 0. The molecule has 1 aliphatic heterocycles. The van der Waals surface area contributed by atoms with Gasteiger partial charge in [-0.1, -0.05) is 13.8 Å². The maximum Gasteiger partial charge on any atom is 0.166 e. The summed E-state index contributed by atoms with van der Waals surface area (Å²) in [6.07, 6.45) is 1.22. The SMILES string of the molecule is CC(C)C(=O)CCC1(C)OCCO1. The zero-order valence-corrected chi connectivity index (χ0v) is 8.63. The molecule has 0 N–H and O–H groups in total. The summed E-state index contributed by atoms with van der Waals surface area (Å²) < 4.78 is 10.8. The molecule has 1 heterocycles. The van der Waals surface area contributed by atoms with E-state index in [1.54, 1.807) is 0 Å². The van der Waals surface area contributed by atoms with Gasteiger partial charge in [-0.25, -0.2) is 0 Å². The van der Waals surface area contributed by atoms with Gasteiger partial charge in [0.05, 0.1) is 13.2 Å². The van der Waals surface area contributed by atoms with Crippen LogP contribution in [-0.2, 0) is 14.3 Å². The number of carbonyl (C=O) groups is 1. The number of hydrogen-bond acceptors (Lipinski definition) is 3. The number of ketones is 1. The van der Waals surface area contributed by atoms with E-state index in [4.69, 9.17) is 9.47 Å². The molecular formula is C10H18O3. The first kappa shape index (κ1) is 10.7. The minimum absolute atomic E-state index is 0.116. The first-order valence-corrected chi connectivity index (χ1v) is 4.84. The smallest absolute Gasteiger partial charge is 0.166 e. The minimum atomic E-state index is -0.509. The van der Waals surface area contributed by atoms with Crippen LogP contribution in [0.4, 0.5) is 0 Å². The van der Waals surface area contributed by atoms with E-state index in [9.17, 15) is 4.79 Å². The lowest BCUT2D eigenvalue weighted by Crippen LogP contribution is -2.27. The molecular weight excluding hydrogens is 168 g/mol. The molecule has 1 rings (SSSR count). The Morgan fingerprint density at radius 3 is 2.38 bits per heavy atom. The second-order valence-electron chi connectivity index (χ2n) is 3.95. The van der Waals surface area contributed by atoms with Crippen molar-refractivity contribution in [2.45, 2.75) is 39.4 Å². The number of Topliss-reactive ketones (excluding diaryl/α,β-unsaturated/α-hetero) is 1. The van der Waals surface area contributed by atoms with Crippen LogP contribution in [0.25, 0.3) is 0 Å². The van der Waals surface area contributed by atoms with Crippen LogP contribution in [0.15, 0.2) is 0 Å². The van der Waals surface area contributed by atoms with Gasteiger partial charge in [-0.3, -0.25) is 4.79 Å². The zero-order chi connectivity index (χ0) is 9.90. The average Bonchev–Trinajstić information content (AvgIpc) is 2.48. The first-order valence-electron chi connectivity index (χ1n) is 4.84. The van der Waals surface area contributed by atoms with Crippen LogP contribution < -0.4 is 0 Å². The highest BCUT2D eigenvalue weighted by Gasteiger charge is 2.31. The van der Waals surface area contributed by atoms with Crippen molar-refractivity contribution >= 4 is 5.78 Å². The molecule has 0 aliphatic carbocycles. The van der Waals surface area contributed by atoms with E-state index in [0.29, 0.717) is 26.1 Å². The zero-order valence-electron chi connectivity index (χ0n) is 8.63. The molecule has 0 atom stereocenters. The van der Waals surface area contributed by atoms with Gasteiger partial charge in [0.15, 0.2) is 5.79 Å². The molecule has 0 bridgehead atoms. The quantitative estimate of drug-likeness (QED) is 0.671. The van der Waals surface area contributed by atoms with Crippen molar-refractivity contribution in [1.29, 1.82) is 0 Å². The van der Waals surface area contributed by atoms with Crippen molar-refractivity contribution in [2.75, 3.05) is 13.2 Å². The van der Waals surface area contributed by atoms with Gasteiger partial charge in [-0.05, 0) is 6.92 Å². The van der Waals surface area contributed by atoms with Crippen molar-refractivity contribution < 1.29 is 14.3 Å². The Bertz CT molecular complexity index is 181. The maximum absolute atomic E-state index is 11.3. The molecule has 76 valence electrons. The van der Waals surface area contributed by atoms with Gasteiger partial charge in [0.1, 0.15) is 5.78 Å². The van der Waals surface area contributed by atoms with Crippen molar-refractivity contribution in [3.63, 3.8) is 0 Å². The Balaban J connectivity index is 2.29. The van der Waals surface area contributed by atoms with Crippen molar-refractivity contribution in [2.24, 2.45) is 5.92 Å². The average molecular weight is 186 g/mol. The van der Waals surface area contributed by atoms with Crippen molar-refractivity contribution in [3.05, 3.63) is 0 Å². The van der Waals surface area contributed by atoms with Gasteiger partial charge in [0.2, 0.25) is 0 Å². The van der Waals surface area contributed by atoms with Crippen LogP contribution in [0, 0.1) is 5.92 Å². The highest BCUT2D eigenvalue weighted by molar-refractivity contribution is 5.80. The van der Waals surface area contributed by atoms with Crippen LogP contribution in [-0.4, -0.2) is 24.8 Å². The lowest BCUT2D eigenvalue weighted by atomic mass is 10.0. The molecule has 1 aliphatic rings. The van der Waals surface area contributed by atoms with E-state index in [0.717, 1.165) is 0 Å². The normalized spacial score (nSPS) is 20.9. The van der Waals surface area contributed by atoms with Crippen molar-refractivity contribution in [1.82, 2.24) is 0 Å². The summed E-state index contributed by atoms with van der Waals surface area (Å²) in [6, 6.07) is 0. The monoisotopic (exact) mass is 186 g/mol. The second kappa shape index (κ2) is 4.20. The minimum Gasteiger partial charge on any atom is -0.348 e.